The molecule has 1 heterocycles. The number of unbranched alkanes of at least 4 members (excludes halogenated alkanes) is 1. The van der Waals surface area contributed by atoms with E-state index in [0.29, 0.717) is 0 Å². The first-order chi connectivity index (χ1) is 7.81. The minimum absolute atomic E-state index is 0.893. The van der Waals surface area contributed by atoms with E-state index in [2.05, 4.69) is 41.4 Å². The fourth-order valence-electron chi connectivity index (χ4n) is 1.96. The average Bonchev–Trinajstić information content (AvgIpc) is 2.73. The van der Waals surface area contributed by atoms with Crippen LogP contribution in [0.4, 0.5) is 0 Å². The fraction of sp³-hybridized carbons (Fsp3) is 0.462. The second kappa shape index (κ2) is 5.30. The Labute approximate surface area is 103 Å². The minimum atomic E-state index is 0.893. The molecular weight excluding hydrogens is 216 g/mol. The zero-order valence-corrected chi connectivity index (χ0v) is 10.5. The molecule has 0 spiro atoms. The van der Waals surface area contributed by atoms with E-state index < -0.39 is 0 Å². The zero-order valence-electron chi connectivity index (χ0n) is 9.70. The molecule has 0 radical (unpaired) electrons. The van der Waals surface area contributed by atoms with Crippen molar-refractivity contribution in [3.8, 4) is 0 Å². The van der Waals surface area contributed by atoms with Crippen LogP contribution in [0, 0.1) is 0 Å². The van der Waals surface area contributed by atoms with Gasteiger partial charge in [-0.1, -0.05) is 37.6 Å². The lowest BCUT2D eigenvalue weighted by molar-refractivity contribution is 0.437. The number of rotatable bonds is 3. The number of hydrogen-bond donors (Lipinski definition) is 1. The third kappa shape index (κ3) is 2.53. The summed E-state index contributed by atoms with van der Waals surface area (Å²) < 4.78 is 0. The van der Waals surface area contributed by atoms with Crippen molar-refractivity contribution >= 4 is 17.3 Å². The number of nitrogens with one attached hydrogen (secondary N) is 1. The van der Waals surface area contributed by atoms with Crippen LogP contribution in [0.5, 0.6) is 0 Å². The molecule has 3 heteroatoms. The molecule has 16 heavy (non-hydrogen) atoms. The van der Waals surface area contributed by atoms with Crippen molar-refractivity contribution in [2.75, 3.05) is 6.54 Å². The van der Waals surface area contributed by atoms with Crippen LogP contribution >= 0.6 is 12.2 Å². The average molecular weight is 234 g/mol. The Kier molecular flexibility index (Phi) is 3.78. The fourth-order valence-corrected chi connectivity index (χ4v) is 2.19. The van der Waals surface area contributed by atoms with Crippen LogP contribution < -0.4 is 5.32 Å². The molecule has 1 aromatic rings. The van der Waals surface area contributed by atoms with E-state index in [4.69, 9.17) is 12.2 Å². The molecule has 0 aromatic heterocycles. The molecule has 1 aliphatic heterocycles. The molecule has 2 rings (SSSR count). The smallest absolute Gasteiger partial charge is 0.169 e. The minimum Gasteiger partial charge on any atom is -0.363 e. The van der Waals surface area contributed by atoms with E-state index >= 15 is 0 Å². The van der Waals surface area contributed by atoms with Gasteiger partial charge in [0.15, 0.2) is 5.11 Å². The van der Waals surface area contributed by atoms with Gasteiger partial charge in [0, 0.05) is 19.6 Å². The van der Waals surface area contributed by atoms with Crippen molar-refractivity contribution < 1.29 is 0 Å². The van der Waals surface area contributed by atoms with Crippen molar-refractivity contribution in [2.45, 2.75) is 32.9 Å². The number of benzene rings is 1. The molecule has 1 aromatic carbocycles. The Morgan fingerprint density at radius 1 is 1.31 bits per heavy atom. The molecule has 0 atom stereocenters. The summed E-state index contributed by atoms with van der Waals surface area (Å²) in [7, 11) is 0. The van der Waals surface area contributed by atoms with Crippen LogP contribution in [0.1, 0.15) is 30.9 Å². The number of nitrogens with zero attached hydrogens (tertiary/aromatic N) is 1. The van der Waals surface area contributed by atoms with Crippen molar-refractivity contribution in [3.63, 3.8) is 0 Å². The van der Waals surface area contributed by atoms with Crippen molar-refractivity contribution in [2.24, 2.45) is 0 Å². The van der Waals surface area contributed by atoms with Gasteiger partial charge in [-0.3, -0.25) is 0 Å². The van der Waals surface area contributed by atoms with Crippen LogP contribution in [0.3, 0.4) is 0 Å². The Bertz CT molecular complexity index is 351. The summed E-state index contributed by atoms with van der Waals surface area (Å²) in [4.78, 5) is 2.23. The summed E-state index contributed by atoms with van der Waals surface area (Å²) in [5, 5.41) is 4.21. The zero-order chi connectivity index (χ0) is 11.4. The first-order valence-electron chi connectivity index (χ1n) is 5.91. The molecule has 0 unspecified atom stereocenters. The van der Waals surface area contributed by atoms with E-state index in [9.17, 15) is 0 Å². The summed E-state index contributed by atoms with van der Waals surface area (Å²) in [6.07, 6.45) is 2.39. The normalized spacial score (nSPS) is 13.7. The third-order valence-electron chi connectivity index (χ3n) is 2.93. The van der Waals surface area contributed by atoms with Gasteiger partial charge in [-0.05, 0) is 29.8 Å². The maximum Gasteiger partial charge on any atom is 0.169 e. The number of thiocarbonyl (C=S) groups is 1. The predicted molar refractivity (Wildman–Crippen MR) is 71.2 cm³/mol. The first-order valence-corrected chi connectivity index (χ1v) is 6.31. The first kappa shape index (κ1) is 11.4. The second-order valence-corrected chi connectivity index (χ2v) is 4.60. The van der Waals surface area contributed by atoms with Crippen LogP contribution in [0.15, 0.2) is 24.3 Å². The number of hydrogen-bond acceptors (Lipinski definition) is 1. The van der Waals surface area contributed by atoms with Gasteiger partial charge in [-0.15, -0.1) is 0 Å². The summed E-state index contributed by atoms with van der Waals surface area (Å²) in [6.45, 7) is 5.08. The van der Waals surface area contributed by atoms with Gasteiger partial charge in [0.25, 0.3) is 0 Å². The Morgan fingerprint density at radius 3 is 2.50 bits per heavy atom. The van der Waals surface area contributed by atoms with Gasteiger partial charge in [-0.2, -0.15) is 0 Å². The Hall–Kier alpha value is -1.09. The Balaban J connectivity index is 1.88. The highest BCUT2D eigenvalue weighted by Gasteiger charge is 2.19. The van der Waals surface area contributed by atoms with E-state index in [1.54, 1.807) is 0 Å². The van der Waals surface area contributed by atoms with E-state index in [-0.39, 0.29) is 0 Å². The largest absolute Gasteiger partial charge is 0.363 e. The summed E-state index contributed by atoms with van der Waals surface area (Å²) >= 11 is 5.39. The maximum atomic E-state index is 5.39. The van der Waals surface area contributed by atoms with Gasteiger partial charge in [0.05, 0.1) is 0 Å². The standard InChI is InChI=1S/C13H18N2S/c1-2-3-8-14-13(16)15-9-11-6-4-5-7-12(11)10-15/h4-7H,2-3,8-10H2,1H3,(H,14,16). The predicted octanol–water partition coefficient (Wildman–Crippen LogP) is 2.68. The molecule has 1 N–H and O–H groups in total. The van der Waals surface area contributed by atoms with Crippen LogP contribution in [0.2, 0.25) is 0 Å². The highest BCUT2D eigenvalue weighted by atomic mass is 32.1. The van der Waals surface area contributed by atoms with Gasteiger partial charge < -0.3 is 10.2 Å². The quantitative estimate of drug-likeness (QED) is 0.639. The van der Waals surface area contributed by atoms with Crippen molar-refractivity contribution in [3.05, 3.63) is 35.4 Å². The van der Waals surface area contributed by atoms with Crippen LogP contribution in [-0.2, 0) is 13.1 Å². The van der Waals surface area contributed by atoms with E-state index in [0.717, 1.165) is 24.7 Å². The molecule has 0 fully saturated rings. The van der Waals surface area contributed by atoms with E-state index in [1.165, 1.54) is 24.0 Å². The van der Waals surface area contributed by atoms with Gasteiger partial charge in [0.1, 0.15) is 0 Å². The van der Waals surface area contributed by atoms with Crippen molar-refractivity contribution in [1.82, 2.24) is 10.2 Å². The second-order valence-electron chi connectivity index (χ2n) is 4.21. The number of fused-ring (bicyclic) bond motifs is 1. The SMILES string of the molecule is CCCCNC(=S)N1Cc2ccccc2C1. The van der Waals surface area contributed by atoms with Gasteiger partial charge >= 0.3 is 0 Å². The lowest BCUT2D eigenvalue weighted by Gasteiger charge is -2.19. The molecule has 86 valence electrons. The summed E-state index contributed by atoms with van der Waals surface area (Å²) in [5.74, 6) is 0. The van der Waals surface area contributed by atoms with Gasteiger partial charge in [-0.25, -0.2) is 0 Å². The molecule has 0 amide bonds. The van der Waals surface area contributed by atoms with E-state index in [1.807, 2.05) is 0 Å². The molecule has 0 saturated carbocycles. The molecular formula is C13H18N2S. The topological polar surface area (TPSA) is 15.3 Å². The molecule has 0 saturated heterocycles. The molecule has 0 bridgehead atoms. The third-order valence-corrected chi connectivity index (χ3v) is 3.34. The lowest BCUT2D eigenvalue weighted by atomic mass is 10.1. The molecule has 1 aliphatic rings. The van der Waals surface area contributed by atoms with Crippen LogP contribution in [-0.4, -0.2) is 16.6 Å². The van der Waals surface area contributed by atoms with Crippen LogP contribution in [0.25, 0.3) is 0 Å². The summed E-state index contributed by atoms with van der Waals surface area (Å²) in [5.41, 5.74) is 2.81. The Morgan fingerprint density at radius 2 is 1.94 bits per heavy atom. The van der Waals surface area contributed by atoms with Crippen molar-refractivity contribution in [1.29, 1.82) is 0 Å². The monoisotopic (exact) mass is 234 g/mol. The maximum absolute atomic E-state index is 5.39. The molecule has 0 aliphatic carbocycles. The molecule has 2 nitrogen and oxygen atoms in total. The lowest BCUT2D eigenvalue weighted by Crippen LogP contribution is -2.36. The highest BCUT2D eigenvalue weighted by Crippen LogP contribution is 2.21. The van der Waals surface area contributed by atoms with Gasteiger partial charge in [0.2, 0.25) is 0 Å². The summed E-state index contributed by atoms with van der Waals surface area (Å²) in [6, 6.07) is 8.56. The highest BCUT2D eigenvalue weighted by molar-refractivity contribution is 7.80.